The third-order valence-electron chi connectivity index (χ3n) is 10.2. The maximum Gasteiger partial charge on any atom is 0.420 e. The van der Waals surface area contributed by atoms with Crippen LogP contribution in [0.5, 0.6) is 5.75 Å². The number of nitrogens with one attached hydrogen (secondary N) is 1. The van der Waals surface area contributed by atoms with Crippen LogP contribution in [0.2, 0.25) is 5.02 Å². The number of fused-ring (bicyclic) bond motifs is 2. The molecule has 5 heterocycles. The highest BCUT2D eigenvalue weighted by Gasteiger charge is 2.48. The Balaban J connectivity index is 1.14. The number of likely N-dealkylation sites (tertiary alicyclic amines) is 1. The van der Waals surface area contributed by atoms with Gasteiger partial charge in [0.15, 0.2) is 5.52 Å². The second-order valence-electron chi connectivity index (χ2n) is 14.0. The van der Waals surface area contributed by atoms with Crippen LogP contribution in [-0.4, -0.2) is 89.7 Å². The van der Waals surface area contributed by atoms with Crippen molar-refractivity contribution in [3.63, 3.8) is 0 Å². The Hall–Kier alpha value is -4.46. The second-order valence-corrected chi connectivity index (χ2v) is 17.1. The molecule has 0 radical (unpaired) electrons. The molecule has 1 aliphatic carbocycles. The van der Waals surface area contributed by atoms with Gasteiger partial charge in [-0.25, -0.2) is 31.9 Å². The minimum Gasteiger partial charge on any atom is -0.491 e. The lowest BCUT2D eigenvalue weighted by atomic mass is 9.85. The monoisotopic (exact) mass is 839 g/mol. The van der Waals surface area contributed by atoms with E-state index in [0.29, 0.717) is 52.5 Å². The Morgan fingerprint density at radius 2 is 1.82 bits per heavy atom. The predicted molar refractivity (Wildman–Crippen MR) is 202 cm³/mol. The molecule has 2 aliphatic rings. The summed E-state index contributed by atoms with van der Waals surface area (Å²) in [5.41, 5.74) is -0.713. The first-order valence-electron chi connectivity index (χ1n) is 17.4. The highest BCUT2D eigenvalue weighted by Crippen LogP contribution is 2.43. The van der Waals surface area contributed by atoms with Crippen LogP contribution >= 0.6 is 22.9 Å². The van der Waals surface area contributed by atoms with Crippen molar-refractivity contribution >= 4 is 65.9 Å². The zero-order valence-electron chi connectivity index (χ0n) is 30.2. The summed E-state index contributed by atoms with van der Waals surface area (Å²) < 4.78 is 104. The van der Waals surface area contributed by atoms with Gasteiger partial charge in [-0.1, -0.05) is 11.6 Å². The van der Waals surface area contributed by atoms with Crippen LogP contribution in [0.15, 0.2) is 46.7 Å². The first kappa shape index (κ1) is 39.8. The van der Waals surface area contributed by atoms with E-state index >= 15 is 0 Å². The van der Waals surface area contributed by atoms with Crippen molar-refractivity contribution in [2.75, 3.05) is 37.9 Å². The SMILES string of the molecule is Cc1nc2cc(C(F)(F)F)c(N(C)C3CCN(C4CC(F)(F)C4)CC3)nc2c(=O)n1CCOc1ccc(Cl)cc1-c1ccnc2c(C(=O)NS(C)(=O)=O)csc12. The summed E-state index contributed by atoms with van der Waals surface area (Å²) in [4.78, 5) is 42.9. The molecule has 0 bridgehead atoms. The van der Waals surface area contributed by atoms with Gasteiger partial charge in [0.1, 0.15) is 29.6 Å². The van der Waals surface area contributed by atoms with E-state index in [2.05, 4.69) is 15.0 Å². The first-order chi connectivity index (χ1) is 26.3. The molecular weight excluding hydrogens is 805 g/mol. The fourth-order valence-corrected chi connectivity index (χ4v) is 8.95. The van der Waals surface area contributed by atoms with Crippen molar-refractivity contribution in [3.05, 3.63) is 74.2 Å². The number of anilines is 1. The Kier molecular flexibility index (Phi) is 10.5. The van der Waals surface area contributed by atoms with Crippen molar-refractivity contribution in [1.29, 1.82) is 0 Å². The molecule has 7 rings (SSSR count). The number of pyridine rings is 2. The van der Waals surface area contributed by atoms with Gasteiger partial charge in [0.25, 0.3) is 17.4 Å². The van der Waals surface area contributed by atoms with Crippen LogP contribution in [0, 0.1) is 6.92 Å². The van der Waals surface area contributed by atoms with Gasteiger partial charge in [-0.05, 0) is 50.1 Å². The summed E-state index contributed by atoms with van der Waals surface area (Å²) in [6.07, 6.45) is -2.03. The zero-order valence-corrected chi connectivity index (χ0v) is 32.6. The van der Waals surface area contributed by atoms with Gasteiger partial charge < -0.3 is 9.64 Å². The van der Waals surface area contributed by atoms with E-state index in [9.17, 15) is 40.0 Å². The number of sulfonamides is 1. The lowest BCUT2D eigenvalue weighted by Crippen LogP contribution is -2.55. The van der Waals surface area contributed by atoms with Gasteiger partial charge in [-0.2, -0.15) is 13.2 Å². The summed E-state index contributed by atoms with van der Waals surface area (Å²) >= 11 is 7.54. The van der Waals surface area contributed by atoms with Crippen molar-refractivity contribution < 1.29 is 39.9 Å². The predicted octanol–water partition coefficient (Wildman–Crippen LogP) is 6.52. The van der Waals surface area contributed by atoms with Crippen LogP contribution in [0.4, 0.5) is 27.8 Å². The molecule has 56 heavy (non-hydrogen) atoms. The number of piperidine rings is 1. The number of carbonyl (C=O) groups excluding carboxylic acids is 1. The highest BCUT2D eigenvalue weighted by atomic mass is 35.5. The minimum absolute atomic E-state index is 0.0528. The Morgan fingerprint density at radius 1 is 1.11 bits per heavy atom. The summed E-state index contributed by atoms with van der Waals surface area (Å²) in [7, 11) is -2.33. The van der Waals surface area contributed by atoms with E-state index in [1.165, 1.54) is 46.4 Å². The van der Waals surface area contributed by atoms with Crippen molar-refractivity contribution in [3.8, 4) is 16.9 Å². The largest absolute Gasteiger partial charge is 0.491 e. The molecule has 12 nitrogen and oxygen atoms in total. The number of hydrogen-bond donors (Lipinski definition) is 1. The van der Waals surface area contributed by atoms with E-state index in [-0.39, 0.29) is 66.0 Å². The molecule has 0 spiro atoms. The third-order valence-corrected chi connectivity index (χ3v) is 11.9. The Bertz CT molecular complexity index is 2520. The van der Waals surface area contributed by atoms with Crippen LogP contribution in [0.3, 0.4) is 0 Å². The molecule has 1 N–H and O–H groups in total. The number of thiophene rings is 1. The van der Waals surface area contributed by atoms with E-state index in [4.69, 9.17) is 16.3 Å². The number of hydrogen-bond acceptors (Lipinski definition) is 11. The fraction of sp³-hybridized carbons (Fsp3) is 0.417. The zero-order chi connectivity index (χ0) is 40.3. The second kappa shape index (κ2) is 14.8. The Morgan fingerprint density at radius 3 is 2.48 bits per heavy atom. The summed E-state index contributed by atoms with van der Waals surface area (Å²) in [5.74, 6) is -3.43. The van der Waals surface area contributed by atoms with Crippen molar-refractivity contribution in [2.45, 2.75) is 63.3 Å². The smallest absolute Gasteiger partial charge is 0.420 e. The molecule has 1 saturated heterocycles. The number of aryl methyl sites for hydroxylation is 1. The molecule has 1 saturated carbocycles. The van der Waals surface area contributed by atoms with Gasteiger partial charge in [0.05, 0.1) is 34.1 Å². The number of ether oxygens (including phenoxy) is 1. The van der Waals surface area contributed by atoms with Crippen molar-refractivity contribution in [2.24, 2.45) is 0 Å². The molecule has 0 unspecified atom stereocenters. The molecule has 20 heteroatoms. The average molecular weight is 840 g/mol. The Labute approximate surface area is 326 Å². The van der Waals surface area contributed by atoms with Gasteiger partial charge in [0, 0.05) is 72.8 Å². The lowest BCUT2D eigenvalue weighted by Gasteiger charge is -2.46. The summed E-state index contributed by atoms with van der Waals surface area (Å²) in [5, 5.41) is 1.86. The highest BCUT2D eigenvalue weighted by molar-refractivity contribution is 7.89. The number of aromatic nitrogens is 4. The van der Waals surface area contributed by atoms with Crippen LogP contribution in [0.25, 0.3) is 32.4 Å². The third kappa shape index (κ3) is 8.03. The van der Waals surface area contributed by atoms with Crippen molar-refractivity contribution in [1.82, 2.24) is 29.1 Å². The quantitative estimate of drug-likeness (QED) is 0.155. The fourth-order valence-electron chi connectivity index (χ4n) is 7.30. The number of alkyl halides is 5. The molecule has 0 atom stereocenters. The first-order valence-corrected chi connectivity index (χ1v) is 20.6. The minimum atomic E-state index is -4.80. The summed E-state index contributed by atoms with van der Waals surface area (Å²) in [6, 6.07) is 6.78. The standard InChI is InChI=1S/C36H35ClF5N7O5S2/c1-19-44-27-15-26(36(40,41)42)32(47(2)21-7-10-48(11-8-21)22-16-35(38,39)17-22)45-30(27)34(51)49(19)12-13-54-28-5-4-20(37)14-24(28)23-6-9-43-29-25(18-55-31(23)29)33(50)46-56(3,52)53/h4-6,9,14-15,18,21-22H,7-8,10-13,16-17H2,1-3H3,(H,46,50). The van der Waals surface area contributed by atoms with Gasteiger partial charge >= 0.3 is 6.18 Å². The van der Waals surface area contributed by atoms with E-state index < -0.39 is 45.0 Å². The maximum atomic E-state index is 14.4. The molecule has 298 valence electrons. The maximum absolute atomic E-state index is 14.4. The molecule has 1 aliphatic heterocycles. The van der Waals surface area contributed by atoms with Crippen LogP contribution in [0.1, 0.15) is 47.4 Å². The van der Waals surface area contributed by atoms with Gasteiger partial charge in [-0.15, -0.1) is 11.3 Å². The van der Waals surface area contributed by atoms with Crippen LogP contribution in [-0.2, 0) is 22.7 Å². The van der Waals surface area contributed by atoms with Gasteiger partial charge in [0.2, 0.25) is 10.0 Å². The number of amides is 1. The van der Waals surface area contributed by atoms with E-state index in [1.54, 1.807) is 24.3 Å². The van der Waals surface area contributed by atoms with Gasteiger partial charge in [-0.3, -0.25) is 24.0 Å². The van der Waals surface area contributed by atoms with E-state index in [0.717, 1.165) is 12.3 Å². The molecule has 4 aromatic heterocycles. The lowest BCUT2D eigenvalue weighted by molar-refractivity contribution is -0.137. The molecule has 2 fully saturated rings. The molecule has 1 amide bonds. The van der Waals surface area contributed by atoms with Crippen LogP contribution < -0.4 is 19.9 Å². The number of carbonyl (C=O) groups is 1. The number of benzene rings is 1. The topological polar surface area (TPSA) is 140 Å². The molecule has 5 aromatic rings. The molecule has 1 aromatic carbocycles. The van der Waals surface area contributed by atoms with E-state index in [1.807, 2.05) is 9.62 Å². The number of nitrogens with zero attached hydrogens (tertiary/aromatic N) is 6. The summed E-state index contributed by atoms with van der Waals surface area (Å²) in [6.45, 7) is 2.27. The number of halogens is 6. The molecular formula is C36H35ClF5N7O5S2. The normalized spacial score (nSPS) is 16.9. The number of rotatable bonds is 10. The average Bonchev–Trinajstić information content (AvgIpc) is 3.56.